The summed E-state index contributed by atoms with van der Waals surface area (Å²) in [5, 5.41) is 0. The maximum Gasteiger partial charge on any atom is 1.00 e. The normalized spacial score (nSPS) is 12.9. The number of unbranched alkanes of at least 4 members (excludes halogenated alkanes) is 9. The predicted octanol–water partition coefficient (Wildman–Crippen LogP) is 0.751. The zero-order valence-corrected chi connectivity index (χ0v) is 17.7. The molecule has 0 aromatic heterocycles. The summed E-state index contributed by atoms with van der Waals surface area (Å²) in [4.78, 5) is 0. The van der Waals surface area contributed by atoms with E-state index >= 15 is 0 Å². The molecular weight excluding hydrogens is 319 g/mol. The molecule has 0 fully saturated rings. The van der Waals surface area contributed by atoms with E-state index < -0.39 is 16.7 Å². The zero-order valence-electron chi connectivity index (χ0n) is 13.8. The molecule has 0 saturated heterocycles. The molecule has 0 aromatic carbocycles. The Labute approximate surface area is 172 Å². The van der Waals surface area contributed by atoms with E-state index in [1.54, 1.807) is 0 Å². The summed E-state index contributed by atoms with van der Waals surface area (Å²) in [6.45, 7) is 4.05. The molecule has 0 aromatic rings. The predicted molar refractivity (Wildman–Crippen MR) is 78.0 cm³/mol. The van der Waals surface area contributed by atoms with Gasteiger partial charge in [0.1, 0.15) is 0 Å². The SMILES string of the molecule is CCCCCCCCCCCCOC(C)OS(=O)(=O)[O-].[K+]. The van der Waals surface area contributed by atoms with Crippen molar-refractivity contribution in [3.8, 4) is 0 Å². The Balaban J connectivity index is 0. The van der Waals surface area contributed by atoms with Gasteiger partial charge in [-0.15, -0.1) is 0 Å². The van der Waals surface area contributed by atoms with Gasteiger partial charge in [0, 0.05) is 6.61 Å². The van der Waals surface area contributed by atoms with Gasteiger partial charge in [-0.25, -0.2) is 12.6 Å². The van der Waals surface area contributed by atoms with E-state index in [1.165, 1.54) is 58.3 Å². The van der Waals surface area contributed by atoms with Crippen LogP contribution in [0.1, 0.15) is 78.1 Å². The summed E-state index contributed by atoms with van der Waals surface area (Å²) in [5.74, 6) is 0. The molecule has 0 heterocycles. The van der Waals surface area contributed by atoms with Gasteiger partial charge in [0.2, 0.25) is 10.4 Å². The van der Waals surface area contributed by atoms with Crippen molar-refractivity contribution in [2.24, 2.45) is 0 Å². The van der Waals surface area contributed by atoms with E-state index in [0.717, 1.165) is 12.8 Å². The second-order valence-corrected chi connectivity index (χ2v) is 6.13. The first-order chi connectivity index (χ1) is 9.45. The van der Waals surface area contributed by atoms with Crippen molar-refractivity contribution in [3.05, 3.63) is 0 Å². The zero-order chi connectivity index (χ0) is 15.3. The molecule has 0 amide bonds. The Morgan fingerprint density at radius 1 is 0.905 bits per heavy atom. The smallest absolute Gasteiger partial charge is 0.725 e. The summed E-state index contributed by atoms with van der Waals surface area (Å²) in [7, 11) is -4.66. The Hall–Kier alpha value is 1.47. The maximum absolute atomic E-state index is 10.3. The first-order valence-corrected chi connectivity index (χ1v) is 9.04. The third kappa shape index (κ3) is 21.5. The summed E-state index contributed by atoms with van der Waals surface area (Å²) in [6, 6.07) is 0. The van der Waals surface area contributed by atoms with Gasteiger partial charge in [0.15, 0.2) is 6.29 Å². The van der Waals surface area contributed by atoms with E-state index in [1.807, 2.05) is 0 Å². The number of hydrogen-bond acceptors (Lipinski definition) is 5. The molecule has 0 bridgehead atoms. The van der Waals surface area contributed by atoms with Crippen molar-refractivity contribution in [2.75, 3.05) is 6.61 Å². The van der Waals surface area contributed by atoms with Crippen molar-refractivity contribution in [3.63, 3.8) is 0 Å². The van der Waals surface area contributed by atoms with Crippen molar-refractivity contribution in [1.29, 1.82) is 0 Å². The Kier molecular flexibility index (Phi) is 19.2. The second-order valence-electron chi connectivity index (χ2n) is 5.12. The average Bonchev–Trinajstić information content (AvgIpc) is 2.34. The third-order valence-electron chi connectivity index (χ3n) is 3.10. The summed E-state index contributed by atoms with van der Waals surface area (Å²) >= 11 is 0. The van der Waals surface area contributed by atoms with E-state index in [2.05, 4.69) is 11.1 Å². The van der Waals surface area contributed by atoms with E-state index in [9.17, 15) is 13.0 Å². The maximum atomic E-state index is 10.3. The number of rotatable bonds is 14. The minimum absolute atomic E-state index is 0. The van der Waals surface area contributed by atoms with E-state index in [0.29, 0.717) is 6.61 Å². The molecule has 7 heteroatoms. The van der Waals surface area contributed by atoms with Gasteiger partial charge in [-0.1, -0.05) is 64.7 Å². The molecule has 0 saturated carbocycles. The molecule has 1 unspecified atom stereocenters. The molecule has 122 valence electrons. The molecule has 0 radical (unpaired) electrons. The summed E-state index contributed by atoms with van der Waals surface area (Å²) in [5.41, 5.74) is 0. The van der Waals surface area contributed by atoms with Crippen molar-refractivity contribution in [2.45, 2.75) is 84.3 Å². The monoisotopic (exact) mass is 348 g/mol. The van der Waals surface area contributed by atoms with Gasteiger partial charge in [-0.2, -0.15) is 0 Å². The largest absolute Gasteiger partial charge is 1.00 e. The minimum Gasteiger partial charge on any atom is -0.725 e. The van der Waals surface area contributed by atoms with Gasteiger partial charge in [-0.05, 0) is 13.3 Å². The molecule has 0 rings (SSSR count). The number of ether oxygens (including phenoxy) is 1. The van der Waals surface area contributed by atoms with Crippen LogP contribution in [0.3, 0.4) is 0 Å². The fourth-order valence-corrected chi connectivity index (χ4v) is 2.42. The van der Waals surface area contributed by atoms with Crippen LogP contribution >= 0.6 is 0 Å². The second kappa shape index (κ2) is 16.3. The standard InChI is InChI=1S/C14H30O5S.K/c1-3-4-5-6-7-8-9-10-11-12-13-18-14(2)19-20(15,16)17;/h14H,3-13H2,1-2H3,(H,15,16,17);/q;+1/p-1. The molecule has 0 aliphatic rings. The first kappa shape index (κ1) is 24.7. The Bertz CT molecular complexity index is 308. The molecule has 0 N–H and O–H groups in total. The first-order valence-electron chi connectivity index (χ1n) is 7.71. The van der Waals surface area contributed by atoms with Gasteiger partial charge in [0.05, 0.1) is 0 Å². The summed E-state index contributed by atoms with van der Waals surface area (Å²) in [6.07, 6.45) is 11.3. The van der Waals surface area contributed by atoms with Crippen molar-refractivity contribution < 1.29 is 73.3 Å². The van der Waals surface area contributed by atoms with Crippen LogP contribution < -0.4 is 51.4 Å². The molecule has 0 spiro atoms. The minimum atomic E-state index is -4.66. The fourth-order valence-electron chi connectivity index (χ4n) is 2.03. The summed E-state index contributed by atoms with van der Waals surface area (Å²) < 4.78 is 40.1. The van der Waals surface area contributed by atoms with Gasteiger partial charge < -0.3 is 9.29 Å². The van der Waals surface area contributed by atoms with Crippen LogP contribution in [0.4, 0.5) is 0 Å². The van der Waals surface area contributed by atoms with Crippen LogP contribution in [0, 0.1) is 0 Å². The average molecular weight is 349 g/mol. The van der Waals surface area contributed by atoms with Crippen LogP contribution in [0.5, 0.6) is 0 Å². The fraction of sp³-hybridized carbons (Fsp3) is 1.00. The van der Waals surface area contributed by atoms with Crippen LogP contribution in [0.15, 0.2) is 0 Å². The Morgan fingerprint density at radius 2 is 1.33 bits per heavy atom. The van der Waals surface area contributed by atoms with Gasteiger partial charge >= 0.3 is 51.4 Å². The van der Waals surface area contributed by atoms with Crippen LogP contribution in [-0.4, -0.2) is 25.9 Å². The van der Waals surface area contributed by atoms with Crippen LogP contribution in [0.25, 0.3) is 0 Å². The molecular formula is C14H29KO5S. The molecule has 21 heavy (non-hydrogen) atoms. The van der Waals surface area contributed by atoms with Crippen LogP contribution in [-0.2, 0) is 19.3 Å². The molecule has 5 nitrogen and oxygen atoms in total. The van der Waals surface area contributed by atoms with E-state index in [-0.39, 0.29) is 51.4 Å². The Morgan fingerprint density at radius 3 is 1.76 bits per heavy atom. The van der Waals surface area contributed by atoms with Crippen LogP contribution in [0.2, 0.25) is 0 Å². The quantitative estimate of drug-likeness (QED) is 0.152. The molecule has 0 aliphatic heterocycles. The molecule has 1 atom stereocenters. The van der Waals surface area contributed by atoms with Crippen molar-refractivity contribution >= 4 is 10.4 Å². The van der Waals surface area contributed by atoms with Gasteiger partial charge in [0.25, 0.3) is 0 Å². The number of hydrogen-bond donors (Lipinski definition) is 0. The van der Waals surface area contributed by atoms with Gasteiger partial charge in [-0.3, -0.25) is 0 Å². The topological polar surface area (TPSA) is 75.7 Å². The molecule has 0 aliphatic carbocycles. The third-order valence-corrected chi connectivity index (χ3v) is 3.61. The van der Waals surface area contributed by atoms with Crippen molar-refractivity contribution in [1.82, 2.24) is 0 Å². The van der Waals surface area contributed by atoms with E-state index in [4.69, 9.17) is 4.74 Å².